The molecule has 0 aliphatic rings. The molecule has 0 aliphatic carbocycles. The standard InChI is InChI=1S/C26H22BrN3O2/c1-18-7-2-5-12-24(18)29-26(31)30-28-16-19-13-14-25(23(27)15-19)32-17-21-10-6-9-20-8-3-4-11-22(20)21/h2-16H,17H2,1H3,(H2,29,30,31). The fourth-order valence-electron chi connectivity index (χ4n) is 3.32. The van der Waals surface area contributed by atoms with Crippen LogP contribution < -0.4 is 15.5 Å². The van der Waals surface area contributed by atoms with E-state index in [4.69, 9.17) is 4.74 Å². The number of hydrogen-bond donors (Lipinski definition) is 2. The van der Waals surface area contributed by atoms with Gasteiger partial charge in [-0.2, -0.15) is 5.10 Å². The third-order valence-corrected chi connectivity index (χ3v) is 5.61. The summed E-state index contributed by atoms with van der Waals surface area (Å²) in [6, 6.07) is 27.3. The van der Waals surface area contributed by atoms with Crippen molar-refractivity contribution in [1.29, 1.82) is 0 Å². The molecule has 0 unspecified atom stereocenters. The number of anilines is 1. The first kappa shape index (κ1) is 21.6. The van der Waals surface area contributed by atoms with Gasteiger partial charge in [0.2, 0.25) is 0 Å². The molecule has 0 bridgehead atoms. The van der Waals surface area contributed by atoms with Gasteiger partial charge in [0.05, 0.1) is 10.7 Å². The zero-order chi connectivity index (χ0) is 22.3. The molecule has 4 aromatic rings. The highest BCUT2D eigenvalue weighted by molar-refractivity contribution is 9.10. The van der Waals surface area contributed by atoms with Crippen molar-refractivity contribution in [3.63, 3.8) is 0 Å². The monoisotopic (exact) mass is 487 g/mol. The number of hydrogen-bond acceptors (Lipinski definition) is 3. The van der Waals surface area contributed by atoms with Gasteiger partial charge in [-0.3, -0.25) is 0 Å². The molecule has 5 nitrogen and oxygen atoms in total. The Hall–Kier alpha value is -3.64. The molecular weight excluding hydrogens is 466 g/mol. The summed E-state index contributed by atoms with van der Waals surface area (Å²) in [5, 5.41) is 9.16. The Balaban J connectivity index is 1.35. The summed E-state index contributed by atoms with van der Waals surface area (Å²) in [6.07, 6.45) is 1.58. The maximum atomic E-state index is 12.0. The van der Waals surface area contributed by atoms with Crippen molar-refractivity contribution in [3.8, 4) is 5.75 Å². The van der Waals surface area contributed by atoms with Crippen molar-refractivity contribution in [3.05, 3.63) is 106 Å². The van der Waals surface area contributed by atoms with Gasteiger partial charge in [0.25, 0.3) is 0 Å². The molecular formula is C26H22BrN3O2. The van der Waals surface area contributed by atoms with E-state index in [1.165, 1.54) is 10.8 Å². The Kier molecular flexibility index (Phi) is 6.82. The third-order valence-electron chi connectivity index (χ3n) is 4.99. The van der Waals surface area contributed by atoms with Gasteiger partial charge in [-0.15, -0.1) is 0 Å². The number of nitrogens with zero attached hydrogens (tertiary/aromatic N) is 1. The van der Waals surface area contributed by atoms with Gasteiger partial charge >= 0.3 is 6.03 Å². The lowest BCUT2D eigenvalue weighted by molar-refractivity contribution is 0.252. The number of carbonyl (C=O) groups excluding carboxylic acids is 1. The number of nitrogens with one attached hydrogen (secondary N) is 2. The quantitative estimate of drug-likeness (QED) is 0.236. The second-order valence-electron chi connectivity index (χ2n) is 7.26. The van der Waals surface area contributed by atoms with E-state index >= 15 is 0 Å². The second-order valence-corrected chi connectivity index (χ2v) is 8.11. The van der Waals surface area contributed by atoms with E-state index in [2.05, 4.69) is 56.0 Å². The van der Waals surface area contributed by atoms with Crippen LogP contribution in [0, 0.1) is 6.92 Å². The Morgan fingerprint density at radius 2 is 1.78 bits per heavy atom. The summed E-state index contributed by atoms with van der Waals surface area (Å²) in [4.78, 5) is 12.0. The Bertz CT molecular complexity index is 1280. The maximum absolute atomic E-state index is 12.0. The van der Waals surface area contributed by atoms with Crippen LogP contribution in [0.5, 0.6) is 5.75 Å². The number of aryl methyl sites for hydroxylation is 1. The minimum atomic E-state index is -0.398. The van der Waals surface area contributed by atoms with Crippen LogP contribution in [-0.4, -0.2) is 12.2 Å². The smallest absolute Gasteiger partial charge is 0.339 e. The highest BCUT2D eigenvalue weighted by atomic mass is 79.9. The summed E-state index contributed by atoms with van der Waals surface area (Å²) in [7, 11) is 0. The fraction of sp³-hybridized carbons (Fsp3) is 0.0769. The van der Waals surface area contributed by atoms with Crippen LogP contribution in [0.25, 0.3) is 10.8 Å². The zero-order valence-corrected chi connectivity index (χ0v) is 19.1. The number of urea groups is 1. The van der Waals surface area contributed by atoms with Crippen LogP contribution in [0.2, 0.25) is 0 Å². The first-order valence-corrected chi connectivity index (χ1v) is 10.9. The van der Waals surface area contributed by atoms with E-state index in [-0.39, 0.29) is 0 Å². The van der Waals surface area contributed by atoms with Gasteiger partial charge in [0.15, 0.2) is 0 Å². The van der Waals surface area contributed by atoms with Crippen LogP contribution >= 0.6 is 15.9 Å². The SMILES string of the molecule is Cc1ccccc1NC(=O)NN=Cc1ccc(OCc2cccc3ccccc23)c(Br)c1. The number of rotatable bonds is 6. The van der Waals surface area contributed by atoms with E-state index in [0.717, 1.165) is 32.6 Å². The van der Waals surface area contributed by atoms with Gasteiger partial charge in [0, 0.05) is 5.69 Å². The van der Waals surface area contributed by atoms with Crippen LogP contribution in [-0.2, 0) is 6.61 Å². The van der Waals surface area contributed by atoms with Crippen molar-refractivity contribution in [1.82, 2.24) is 5.43 Å². The number of amides is 2. The summed E-state index contributed by atoms with van der Waals surface area (Å²) >= 11 is 3.56. The molecule has 160 valence electrons. The van der Waals surface area contributed by atoms with Gasteiger partial charge in [-0.1, -0.05) is 60.7 Å². The highest BCUT2D eigenvalue weighted by Gasteiger charge is 2.06. The predicted molar refractivity (Wildman–Crippen MR) is 133 cm³/mol. The molecule has 0 aromatic heterocycles. The van der Waals surface area contributed by atoms with E-state index < -0.39 is 6.03 Å². The first-order chi connectivity index (χ1) is 15.6. The van der Waals surface area contributed by atoms with Gasteiger partial charge in [-0.05, 0) is 74.6 Å². The minimum absolute atomic E-state index is 0.398. The maximum Gasteiger partial charge on any atom is 0.339 e. The zero-order valence-electron chi connectivity index (χ0n) is 17.5. The molecule has 0 saturated carbocycles. The van der Waals surface area contributed by atoms with E-state index in [1.807, 2.05) is 67.6 Å². The molecule has 0 radical (unpaired) electrons. The van der Waals surface area contributed by atoms with Gasteiger partial charge < -0.3 is 10.1 Å². The lowest BCUT2D eigenvalue weighted by Gasteiger charge is -2.11. The van der Waals surface area contributed by atoms with E-state index in [9.17, 15) is 4.79 Å². The van der Waals surface area contributed by atoms with Gasteiger partial charge in [0.1, 0.15) is 12.4 Å². The Labute approximate surface area is 195 Å². The number of para-hydroxylation sites is 1. The van der Waals surface area contributed by atoms with Crippen molar-refractivity contribution in [2.24, 2.45) is 5.10 Å². The van der Waals surface area contributed by atoms with Crippen molar-refractivity contribution in [2.75, 3.05) is 5.32 Å². The Morgan fingerprint density at radius 3 is 2.62 bits per heavy atom. The molecule has 0 heterocycles. The van der Waals surface area contributed by atoms with E-state index in [1.54, 1.807) is 6.21 Å². The molecule has 2 amide bonds. The molecule has 4 aromatic carbocycles. The average molecular weight is 488 g/mol. The summed E-state index contributed by atoms with van der Waals surface area (Å²) in [5.41, 5.74) is 6.16. The molecule has 0 atom stereocenters. The molecule has 0 aliphatic heterocycles. The molecule has 0 spiro atoms. The summed E-state index contributed by atoms with van der Waals surface area (Å²) < 4.78 is 6.85. The molecule has 32 heavy (non-hydrogen) atoms. The predicted octanol–water partition coefficient (Wildman–Crippen LogP) is 6.65. The summed E-state index contributed by atoms with van der Waals surface area (Å²) in [6.45, 7) is 2.40. The lowest BCUT2D eigenvalue weighted by Crippen LogP contribution is -2.24. The number of carbonyl (C=O) groups is 1. The molecule has 2 N–H and O–H groups in total. The molecule has 0 saturated heterocycles. The topological polar surface area (TPSA) is 62.7 Å². The van der Waals surface area contributed by atoms with Crippen LogP contribution in [0.3, 0.4) is 0 Å². The van der Waals surface area contributed by atoms with Crippen LogP contribution in [0.4, 0.5) is 10.5 Å². The lowest BCUT2D eigenvalue weighted by atomic mass is 10.1. The fourth-order valence-corrected chi connectivity index (χ4v) is 3.83. The summed E-state index contributed by atoms with van der Waals surface area (Å²) in [5.74, 6) is 0.736. The van der Waals surface area contributed by atoms with Crippen LogP contribution in [0.15, 0.2) is 94.5 Å². The third kappa shape index (κ3) is 5.34. The second kappa shape index (κ2) is 10.1. The molecule has 4 rings (SSSR count). The number of hydrazone groups is 1. The minimum Gasteiger partial charge on any atom is -0.488 e. The van der Waals surface area contributed by atoms with Crippen molar-refractivity contribution >= 4 is 44.6 Å². The number of benzene rings is 4. The molecule has 0 fully saturated rings. The first-order valence-electron chi connectivity index (χ1n) is 10.1. The van der Waals surface area contributed by atoms with E-state index in [0.29, 0.717) is 6.61 Å². The van der Waals surface area contributed by atoms with Crippen LogP contribution in [0.1, 0.15) is 16.7 Å². The largest absolute Gasteiger partial charge is 0.488 e. The van der Waals surface area contributed by atoms with Crippen molar-refractivity contribution in [2.45, 2.75) is 13.5 Å². The normalized spacial score (nSPS) is 10.9. The van der Waals surface area contributed by atoms with Crippen molar-refractivity contribution < 1.29 is 9.53 Å². The highest BCUT2D eigenvalue weighted by Crippen LogP contribution is 2.27. The van der Waals surface area contributed by atoms with Gasteiger partial charge in [-0.25, -0.2) is 10.2 Å². The molecule has 6 heteroatoms. The number of fused-ring (bicyclic) bond motifs is 1. The number of ether oxygens (including phenoxy) is 1. The number of halogens is 1. The Morgan fingerprint density at radius 1 is 1.00 bits per heavy atom. The average Bonchev–Trinajstić information content (AvgIpc) is 2.80.